The Labute approximate surface area is 122 Å². The van der Waals surface area contributed by atoms with Crippen molar-refractivity contribution in [1.29, 1.82) is 0 Å². The summed E-state index contributed by atoms with van der Waals surface area (Å²) in [6.45, 7) is 4.96. The van der Waals surface area contributed by atoms with Crippen molar-refractivity contribution in [2.45, 2.75) is 45.2 Å². The molecule has 0 aliphatic carbocycles. The summed E-state index contributed by atoms with van der Waals surface area (Å²) < 4.78 is 2.11. The van der Waals surface area contributed by atoms with Crippen LogP contribution in [0.3, 0.4) is 0 Å². The van der Waals surface area contributed by atoms with Crippen LogP contribution in [-0.4, -0.2) is 26.5 Å². The van der Waals surface area contributed by atoms with E-state index in [9.17, 15) is 4.79 Å². The highest BCUT2D eigenvalue weighted by molar-refractivity contribution is 7.11. The Bertz CT molecular complexity index is 616. The average molecular weight is 290 g/mol. The van der Waals surface area contributed by atoms with E-state index in [2.05, 4.69) is 33.7 Å². The second-order valence-electron chi connectivity index (χ2n) is 5.44. The van der Waals surface area contributed by atoms with Gasteiger partial charge in [-0.3, -0.25) is 4.79 Å². The number of amides is 1. The Kier molecular flexibility index (Phi) is 3.56. The van der Waals surface area contributed by atoms with E-state index in [0.29, 0.717) is 10.9 Å². The van der Waals surface area contributed by atoms with Crippen LogP contribution in [0.25, 0.3) is 0 Å². The van der Waals surface area contributed by atoms with Crippen molar-refractivity contribution in [2.75, 3.05) is 0 Å². The highest BCUT2D eigenvalue weighted by Gasteiger charge is 2.22. The zero-order chi connectivity index (χ0) is 14.1. The molecule has 0 spiro atoms. The lowest BCUT2D eigenvalue weighted by Gasteiger charge is -2.24. The first-order chi connectivity index (χ1) is 9.63. The van der Waals surface area contributed by atoms with Gasteiger partial charge in [-0.05, 0) is 12.3 Å². The standard InChI is InChI=1S/C14H18N4OS/c1-9(2)11-8-20-14(17-11)13(19)16-10-3-4-12-15-5-6-18(12)7-10/h5-6,8-10H,3-4,7H2,1-2H3,(H,16,19)/t10-/m0/s1. The first-order valence-electron chi connectivity index (χ1n) is 6.90. The predicted octanol–water partition coefficient (Wildman–Crippen LogP) is 2.21. The number of thiazole rings is 1. The van der Waals surface area contributed by atoms with Gasteiger partial charge >= 0.3 is 0 Å². The Morgan fingerprint density at radius 2 is 2.40 bits per heavy atom. The van der Waals surface area contributed by atoms with E-state index in [-0.39, 0.29) is 11.9 Å². The Balaban J connectivity index is 1.64. The van der Waals surface area contributed by atoms with Gasteiger partial charge in [0.2, 0.25) is 0 Å². The van der Waals surface area contributed by atoms with Gasteiger partial charge in [-0.2, -0.15) is 0 Å². The molecule has 0 radical (unpaired) electrons. The van der Waals surface area contributed by atoms with Crippen molar-refractivity contribution < 1.29 is 4.79 Å². The van der Waals surface area contributed by atoms with Crippen LogP contribution in [0.2, 0.25) is 0 Å². The first-order valence-corrected chi connectivity index (χ1v) is 7.77. The molecule has 1 amide bonds. The molecule has 3 rings (SSSR count). The van der Waals surface area contributed by atoms with Gasteiger partial charge in [-0.25, -0.2) is 9.97 Å². The molecule has 0 saturated heterocycles. The molecule has 1 N–H and O–H groups in total. The van der Waals surface area contributed by atoms with E-state index in [1.165, 1.54) is 11.3 Å². The highest BCUT2D eigenvalue weighted by atomic mass is 32.1. The fourth-order valence-corrected chi connectivity index (χ4v) is 3.27. The number of aryl methyl sites for hydroxylation is 1. The van der Waals surface area contributed by atoms with Crippen LogP contribution in [0.15, 0.2) is 17.8 Å². The molecule has 106 valence electrons. The predicted molar refractivity (Wildman–Crippen MR) is 78.0 cm³/mol. The van der Waals surface area contributed by atoms with Gasteiger partial charge in [-0.15, -0.1) is 11.3 Å². The molecule has 1 aliphatic heterocycles. The van der Waals surface area contributed by atoms with Crippen molar-refractivity contribution in [3.05, 3.63) is 34.3 Å². The third-order valence-electron chi connectivity index (χ3n) is 3.58. The Morgan fingerprint density at radius 3 is 3.15 bits per heavy atom. The first kappa shape index (κ1) is 13.3. The number of rotatable bonds is 3. The Morgan fingerprint density at radius 1 is 1.55 bits per heavy atom. The number of hydrogen-bond donors (Lipinski definition) is 1. The van der Waals surface area contributed by atoms with Crippen LogP contribution >= 0.6 is 11.3 Å². The molecule has 20 heavy (non-hydrogen) atoms. The topological polar surface area (TPSA) is 59.8 Å². The highest BCUT2D eigenvalue weighted by Crippen LogP contribution is 2.18. The number of nitrogens with zero attached hydrogens (tertiary/aromatic N) is 3. The van der Waals surface area contributed by atoms with Crippen LogP contribution in [0, 0.1) is 0 Å². The molecule has 0 fully saturated rings. The lowest BCUT2D eigenvalue weighted by atomic mass is 10.1. The van der Waals surface area contributed by atoms with E-state index in [0.717, 1.165) is 30.9 Å². The maximum atomic E-state index is 12.2. The minimum absolute atomic E-state index is 0.0598. The second kappa shape index (κ2) is 5.36. The molecule has 0 saturated carbocycles. The number of nitrogens with one attached hydrogen (secondary N) is 1. The fourth-order valence-electron chi connectivity index (χ4n) is 2.39. The number of aromatic nitrogens is 3. The van der Waals surface area contributed by atoms with Crippen molar-refractivity contribution in [3.63, 3.8) is 0 Å². The largest absolute Gasteiger partial charge is 0.345 e. The summed E-state index contributed by atoms with van der Waals surface area (Å²) in [5.74, 6) is 1.40. The molecule has 5 nitrogen and oxygen atoms in total. The van der Waals surface area contributed by atoms with Crippen LogP contribution in [0.1, 0.15) is 47.5 Å². The van der Waals surface area contributed by atoms with E-state index in [1.54, 1.807) is 0 Å². The fraction of sp³-hybridized carbons (Fsp3) is 0.500. The third-order valence-corrected chi connectivity index (χ3v) is 4.44. The zero-order valence-electron chi connectivity index (χ0n) is 11.7. The van der Waals surface area contributed by atoms with Gasteiger partial charge in [0.25, 0.3) is 5.91 Å². The van der Waals surface area contributed by atoms with Crippen LogP contribution in [0.5, 0.6) is 0 Å². The molecule has 1 aliphatic rings. The van der Waals surface area contributed by atoms with E-state index in [4.69, 9.17) is 0 Å². The molecule has 2 aromatic rings. The van der Waals surface area contributed by atoms with E-state index in [1.807, 2.05) is 17.8 Å². The van der Waals surface area contributed by atoms with Crippen molar-refractivity contribution in [2.24, 2.45) is 0 Å². The van der Waals surface area contributed by atoms with Crippen LogP contribution in [0.4, 0.5) is 0 Å². The van der Waals surface area contributed by atoms with Crippen molar-refractivity contribution in [1.82, 2.24) is 19.9 Å². The summed E-state index contributed by atoms with van der Waals surface area (Å²) in [6.07, 6.45) is 5.63. The smallest absolute Gasteiger partial charge is 0.280 e. The molecular weight excluding hydrogens is 272 g/mol. The number of hydrogen-bond acceptors (Lipinski definition) is 4. The summed E-state index contributed by atoms with van der Waals surface area (Å²) >= 11 is 1.42. The normalized spacial score (nSPS) is 18.1. The van der Waals surface area contributed by atoms with Gasteiger partial charge in [0.1, 0.15) is 5.82 Å². The van der Waals surface area contributed by atoms with Crippen molar-refractivity contribution in [3.8, 4) is 0 Å². The molecule has 6 heteroatoms. The van der Waals surface area contributed by atoms with Crippen molar-refractivity contribution >= 4 is 17.2 Å². The summed E-state index contributed by atoms with van der Waals surface area (Å²) in [5, 5.41) is 5.61. The van der Waals surface area contributed by atoms with Gasteiger partial charge in [0, 0.05) is 36.8 Å². The molecule has 0 aromatic carbocycles. The average Bonchev–Trinajstić information content (AvgIpc) is 3.07. The van der Waals surface area contributed by atoms with E-state index < -0.39 is 0 Å². The Hall–Kier alpha value is -1.69. The van der Waals surface area contributed by atoms with Crippen LogP contribution < -0.4 is 5.32 Å². The maximum absolute atomic E-state index is 12.2. The molecule has 2 aromatic heterocycles. The van der Waals surface area contributed by atoms with Gasteiger partial charge in [0.15, 0.2) is 5.01 Å². The van der Waals surface area contributed by atoms with Crippen LogP contribution in [-0.2, 0) is 13.0 Å². The lowest BCUT2D eigenvalue weighted by Crippen LogP contribution is -2.40. The quantitative estimate of drug-likeness (QED) is 0.943. The summed E-state index contributed by atoms with van der Waals surface area (Å²) in [6, 6.07) is 0.163. The monoisotopic (exact) mass is 290 g/mol. The number of carbonyl (C=O) groups excluding carboxylic acids is 1. The molecule has 0 unspecified atom stereocenters. The molecule has 0 bridgehead atoms. The third kappa shape index (κ3) is 2.60. The number of imidazole rings is 1. The summed E-state index contributed by atoms with van der Waals surface area (Å²) in [4.78, 5) is 20.9. The molecule has 1 atom stereocenters. The summed E-state index contributed by atoms with van der Waals surface area (Å²) in [7, 11) is 0. The van der Waals surface area contributed by atoms with Gasteiger partial charge < -0.3 is 9.88 Å². The number of carbonyl (C=O) groups is 1. The minimum atomic E-state index is -0.0598. The lowest BCUT2D eigenvalue weighted by molar-refractivity contribution is 0.0927. The molecular formula is C14H18N4OS. The minimum Gasteiger partial charge on any atom is -0.345 e. The van der Waals surface area contributed by atoms with Gasteiger partial charge in [-0.1, -0.05) is 13.8 Å². The summed E-state index contributed by atoms with van der Waals surface area (Å²) in [5.41, 5.74) is 0.987. The number of fused-ring (bicyclic) bond motifs is 1. The zero-order valence-corrected chi connectivity index (χ0v) is 12.5. The second-order valence-corrected chi connectivity index (χ2v) is 6.30. The molecule has 3 heterocycles. The maximum Gasteiger partial charge on any atom is 0.280 e. The van der Waals surface area contributed by atoms with E-state index >= 15 is 0 Å². The van der Waals surface area contributed by atoms with Gasteiger partial charge in [0.05, 0.1) is 5.69 Å². The SMILES string of the molecule is CC(C)c1csc(C(=O)N[C@H]2CCc3nccn3C2)n1.